The predicted octanol–water partition coefficient (Wildman–Crippen LogP) is 5.82. The number of benzene rings is 2. The molecule has 1 unspecified atom stereocenters. The molecule has 2 N–H and O–H groups in total. The van der Waals surface area contributed by atoms with Gasteiger partial charge in [-0.2, -0.15) is 0 Å². The van der Waals surface area contributed by atoms with Crippen LogP contribution in [0.5, 0.6) is 0 Å². The van der Waals surface area contributed by atoms with Gasteiger partial charge in [-0.3, -0.25) is 0 Å². The number of halogens is 1. The molecule has 0 aliphatic carbocycles. The summed E-state index contributed by atoms with van der Waals surface area (Å²) in [7, 11) is 0. The summed E-state index contributed by atoms with van der Waals surface area (Å²) in [5.41, 5.74) is 4.74. The van der Waals surface area contributed by atoms with Crippen LogP contribution in [0.1, 0.15) is 53.9 Å². The molecule has 0 heterocycles. The van der Waals surface area contributed by atoms with Gasteiger partial charge in [0.1, 0.15) is 0 Å². The van der Waals surface area contributed by atoms with Gasteiger partial charge in [0.05, 0.1) is 23.2 Å². The summed E-state index contributed by atoms with van der Waals surface area (Å²) in [5, 5.41) is 7.37. The normalized spacial score (nSPS) is 11.8. The summed E-state index contributed by atoms with van der Waals surface area (Å²) in [5.74, 6) is -0.0922. The van der Waals surface area contributed by atoms with Crippen LogP contribution < -0.4 is 10.6 Å². The van der Waals surface area contributed by atoms with Crippen LogP contribution in [0.4, 0.5) is 5.69 Å². The van der Waals surface area contributed by atoms with E-state index in [4.69, 9.17) is 28.6 Å². The molecule has 0 aliphatic rings. The molecule has 150 valence electrons. The second kappa shape index (κ2) is 9.89. The van der Waals surface area contributed by atoms with Gasteiger partial charge in [0, 0.05) is 5.69 Å². The Labute approximate surface area is 177 Å². The van der Waals surface area contributed by atoms with E-state index in [1.54, 1.807) is 25.1 Å². The Hall–Kier alpha value is -2.11. The van der Waals surface area contributed by atoms with Crippen LogP contribution in [0, 0.1) is 19.8 Å². The van der Waals surface area contributed by atoms with Crippen molar-refractivity contribution in [2.75, 3.05) is 11.9 Å². The molecular formula is C22H27ClN2O2S. The molecule has 0 amide bonds. The van der Waals surface area contributed by atoms with Crippen LogP contribution in [0.25, 0.3) is 0 Å². The number of nitrogens with one attached hydrogen (secondary N) is 2. The molecule has 0 bridgehead atoms. The lowest BCUT2D eigenvalue weighted by molar-refractivity contribution is 0.0526. The quantitative estimate of drug-likeness (QED) is 0.457. The number of carbonyl (C=O) groups is 1. The first-order valence-electron chi connectivity index (χ1n) is 9.34. The second-order valence-electron chi connectivity index (χ2n) is 7.10. The molecule has 2 aromatic carbocycles. The Balaban J connectivity index is 2.13. The number of anilines is 1. The van der Waals surface area contributed by atoms with Gasteiger partial charge >= 0.3 is 5.97 Å². The zero-order valence-corrected chi connectivity index (χ0v) is 18.5. The van der Waals surface area contributed by atoms with Crippen molar-refractivity contribution in [1.82, 2.24) is 5.32 Å². The van der Waals surface area contributed by atoms with Gasteiger partial charge in [0.2, 0.25) is 0 Å². The number of aryl methyl sites for hydroxylation is 2. The maximum atomic E-state index is 11.9. The van der Waals surface area contributed by atoms with Crippen LogP contribution in [-0.2, 0) is 4.74 Å². The van der Waals surface area contributed by atoms with Crippen molar-refractivity contribution in [1.29, 1.82) is 0 Å². The average molecular weight is 419 g/mol. The van der Waals surface area contributed by atoms with Crippen LogP contribution in [-0.4, -0.2) is 17.7 Å². The topological polar surface area (TPSA) is 50.4 Å². The SMILES string of the molecule is CCOC(=O)c1ccc(NC(=S)NC(c2ccc(C)cc2C)C(C)C)cc1Cl. The Kier molecular flexibility index (Phi) is 7.84. The van der Waals surface area contributed by atoms with Crippen LogP contribution in [0.3, 0.4) is 0 Å². The highest BCUT2D eigenvalue weighted by Gasteiger charge is 2.19. The number of esters is 1. The minimum atomic E-state index is -0.436. The van der Waals surface area contributed by atoms with Crippen molar-refractivity contribution in [3.63, 3.8) is 0 Å². The van der Waals surface area contributed by atoms with Gasteiger partial charge in [-0.1, -0.05) is 49.2 Å². The largest absolute Gasteiger partial charge is 0.462 e. The minimum Gasteiger partial charge on any atom is -0.462 e. The second-order valence-corrected chi connectivity index (χ2v) is 7.91. The molecule has 0 saturated heterocycles. The fourth-order valence-corrected chi connectivity index (χ4v) is 3.56. The van der Waals surface area contributed by atoms with Crippen LogP contribution in [0.2, 0.25) is 5.02 Å². The van der Waals surface area contributed by atoms with Gasteiger partial charge in [-0.25, -0.2) is 4.79 Å². The maximum absolute atomic E-state index is 11.9. The predicted molar refractivity (Wildman–Crippen MR) is 120 cm³/mol. The third-order valence-corrected chi connectivity index (χ3v) is 4.97. The summed E-state index contributed by atoms with van der Waals surface area (Å²) >= 11 is 11.7. The smallest absolute Gasteiger partial charge is 0.339 e. The third kappa shape index (κ3) is 5.69. The number of carbonyl (C=O) groups excluding carboxylic acids is 1. The molecule has 4 nitrogen and oxygen atoms in total. The first kappa shape index (κ1) is 22.2. The van der Waals surface area contributed by atoms with Crippen molar-refractivity contribution in [3.8, 4) is 0 Å². The van der Waals surface area contributed by atoms with E-state index in [1.165, 1.54) is 16.7 Å². The number of hydrogen-bond donors (Lipinski definition) is 2. The summed E-state index contributed by atoms with van der Waals surface area (Å²) in [6.07, 6.45) is 0. The van der Waals surface area contributed by atoms with E-state index in [2.05, 4.69) is 56.5 Å². The molecule has 0 spiro atoms. The Morgan fingerprint density at radius 1 is 1.18 bits per heavy atom. The lowest BCUT2D eigenvalue weighted by Crippen LogP contribution is -2.35. The summed E-state index contributed by atoms with van der Waals surface area (Å²) in [6, 6.07) is 11.6. The Morgan fingerprint density at radius 3 is 2.46 bits per heavy atom. The third-order valence-electron chi connectivity index (χ3n) is 4.44. The highest BCUT2D eigenvalue weighted by molar-refractivity contribution is 7.80. The molecule has 0 aromatic heterocycles. The molecule has 2 rings (SSSR count). The molecule has 2 aromatic rings. The van der Waals surface area contributed by atoms with E-state index in [9.17, 15) is 4.79 Å². The van der Waals surface area contributed by atoms with E-state index in [-0.39, 0.29) is 6.04 Å². The van der Waals surface area contributed by atoms with Gasteiger partial charge in [-0.15, -0.1) is 0 Å². The van der Waals surface area contributed by atoms with E-state index in [1.807, 2.05) is 0 Å². The average Bonchev–Trinajstić information content (AvgIpc) is 2.60. The Bertz CT molecular complexity index is 868. The van der Waals surface area contributed by atoms with Crippen molar-refractivity contribution < 1.29 is 9.53 Å². The molecule has 0 saturated carbocycles. The lowest BCUT2D eigenvalue weighted by Gasteiger charge is -2.26. The van der Waals surface area contributed by atoms with E-state index >= 15 is 0 Å². The van der Waals surface area contributed by atoms with E-state index in [0.29, 0.717) is 33.9 Å². The van der Waals surface area contributed by atoms with Gasteiger partial charge in [-0.05, 0) is 68.2 Å². The molecular weight excluding hydrogens is 392 g/mol. The first-order chi connectivity index (χ1) is 13.2. The summed E-state index contributed by atoms with van der Waals surface area (Å²) in [4.78, 5) is 11.9. The van der Waals surface area contributed by atoms with Gasteiger partial charge in [0.15, 0.2) is 5.11 Å². The fraction of sp³-hybridized carbons (Fsp3) is 0.364. The molecule has 0 aliphatic heterocycles. The minimum absolute atomic E-state index is 0.0786. The Morgan fingerprint density at radius 2 is 1.89 bits per heavy atom. The van der Waals surface area contributed by atoms with Crippen LogP contribution >= 0.6 is 23.8 Å². The van der Waals surface area contributed by atoms with Crippen molar-refractivity contribution in [2.45, 2.75) is 40.7 Å². The summed E-state index contributed by atoms with van der Waals surface area (Å²) < 4.78 is 5.00. The monoisotopic (exact) mass is 418 g/mol. The van der Waals surface area contributed by atoms with Gasteiger partial charge in [0.25, 0.3) is 0 Å². The molecule has 0 fully saturated rings. The number of hydrogen-bond acceptors (Lipinski definition) is 3. The first-order valence-corrected chi connectivity index (χ1v) is 10.1. The van der Waals surface area contributed by atoms with Crippen molar-refractivity contribution in [3.05, 3.63) is 63.7 Å². The van der Waals surface area contributed by atoms with E-state index in [0.717, 1.165) is 0 Å². The van der Waals surface area contributed by atoms with Crippen molar-refractivity contribution >= 4 is 40.6 Å². The molecule has 28 heavy (non-hydrogen) atoms. The maximum Gasteiger partial charge on any atom is 0.339 e. The molecule has 6 heteroatoms. The molecule has 1 atom stereocenters. The highest BCUT2D eigenvalue weighted by atomic mass is 35.5. The zero-order chi connectivity index (χ0) is 20.8. The van der Waals surface area contributed by atoms with E-state index < -0.39 is 5.97 Å². The van der Waals surface area contributed by atoms with Gasteiger partial charge < -0.3 is 15.4 Å². The summed E-state index contributed by atoms with van der Waals surface area (Å²) in [6.45, 7) is 10.6. The fourth-order valence-electron chi connectivity index (χ4n) is 3.05. The van der Waals surface area contributed by atoms with Crippen LogP contribution in [0.15, 0.2) is 36.4 Å². The number of thiocarbonyl (C=S) groups is 1. The molecule has 0 radical (unpaired) electrons. The standard InChI is InChI=1S/C22H27ClN2O2S/c1-6-27-21(26)18-10-8-16(12-19(18)23)24-22(28)25-20(13(2)3)17-9-7-14(4)11-15(17)5/h7-13,20H,6H2,1-5H3,(H2,24,25,28). The number of rotatable bonds is 6. The lowest BCUT2D eigenvalue weighted by atomic mass is 9.92. The number of ether oxygens (including phenoxy) is 1. The zero-order valence-electron chi connectivity index (χ0n) is 16.9. The van der Waals surface area contributed by atoms with Crippen molar-refractivity contribution in [2.24, 2.45) is 5.92 Å². The highest BCUT2D eigenvalue weighted by Crippen LogP contribution is 2.26.